The average Bonchev–Trinajstić information content (AvgIpc) is 2.29. The molecule has 16 heavy (non-hydrogen) atoms. The summed E-state index contributed by atoms with van der Waals surface area (Å²) < 4.78 is 5.23. The van der Waals surface area contributed by atoms with E-state index < -0.39 is 0 Å². The molecule has 0 saturated carbocycles. The Balaban J connectivity index is 1.76. The fourth-order valence-corrected chi connectivity index (χ4v) is 2.30. The minimum Gasteiger partial charge on any atom is -0.785 e. The second kappa shape index (κ2) is 4.99. The average molecular weight is 223 g/mol. The van der Waals surface area contributed by atoms with E-state index >= 15 is 0 Å². The summed E-state index contributed by atoms with van der Waals surface area (Å²) in [5.41, 5.74) is 7.15. The molecule has 90 valence electrons. The van der Waals surface area contributed by atoms with Crippen LogP contribution in [0.3, 0.4) is 0 Å². The van der Waals surface area contributed by atoms with Crippen molar-refractivity contribution in [1.82, 2.24) is 5.06 Å². The van der Waals surface area contributed by atoms with Gasteiger partial charge in [-0.05, 0) is 25.3 Å². The quantitative estimate of drug-likeness (QED) is 0.734. The first-order valence-electron chi connectivity index (χ1n) is 5.81. The first-order chi connectivity index (χ1) is 7.70. The molecule has 0 amide bonds. The van der Waals surface area contributed by atoms with Gasteiger partial charge in [-0.2, -0.15) is 0 Å². The second-order valence-electron chi connectivity index (χ2n) is 4.52. The Kier molecular flexibility index (Phi) is 3.63. The smallest absolute Gasteiger partial charge is 0.0959 e. The number of allylic oxidation sites excluding steroid dienone is 3. The number of nitrogens with two attached hydrogens (primary N) is 1. The molecule has 0 aromatic rings. The SMILES string of the molecule is COC1=CCC=C(CCC2C(N)CN2[O-])C1. The van der Waals surface area contributed by atoms with Crippen LogP contribution in [0.25, 0.3) is 0 Å². The first-order valence-corrected chi connectivity index (χ1v) is 5.81. The van der Waals surface area contributed by atoms with Crippen molar-refractivity contribution in [2.24, 2.45) is 5.73 Å². The largest absolute Gasteiger partial charge is 0.785 e. The van der Waals surface area contributed by atoms with Crippen LogP contribution in [0.1, 0.15) is 25.7 Å². The van der Waals surface area contributed by atoms with Gasteiger partial charge < -0.3 is 20.7 Å². The molecule has 1 saturated heterocycles. The van der Waals surface area contributed by atoms with Crippen LogP contribution in [0, 0.1) is 5.21 Å². The van der Waals surface area contributed by atoms with E-state index in [2.05, 4.69) is 12.2 Å². The molecule has 4 nitrogen and oxygen atoms in total. The van der Waals surface area contributed by atoms with Gasteiger partial charge in [-0.3, -0.25) is 0 Å². The summed E-state index contributed by atoms with van der Waals surface area (Å²) in [4.78, 5) is 0. The molecule has 2 aliphatic rings. The van der Waals surface area contributed by atoms with Crippen molar-refractivity contribution in [1.29, 1.82) is 0 Å². The lowest BCUT2D eigenvalue weighted by Gasteiger charge is -2.51. The van der Waals surface area contributed by atoms with E-state index in [9.17, 15) is 5.21 Å². The molecule has 0 radical (unpaired) electrons. The van der Waals surface area contributed by atoms with Gasteiger partial charge in [0.15, 0.2) is 0 Å². The number of hydroxylamine groups is 2. The highest BCUT2D eigenvalue weighted by molar-refractivity contribution is 5.19. The van der Waals surface area contributed by atoms with Crippen molar-refractivity contribution in [2.45, 2.75) is 37.8 Å². The van der Waals surface area contributed by atoms with Gasteiger partial charge in [0.2, 0.25) is 0 Å². The Morgan fingerprint density at radius 2 is 2.38 bits per heavy atom. The lowest BCUT2D eigenvalue weighted by molar-refractivity contribution is 0.112. The van der Waals surface area contributed by atoms with Crippen LogP contribution in [0.4, 0.5) is 0 Å². The maximum Gasteiger partial charge on any atom is 0.0959 e. The van der Waals surface area contributed by atoms with Gasteiger partial charge in [0, 0.05) is 25.0 Å². The molecule has 1 aliphatic heterocycles. The van der Waals surface area contributed by atoms with Gasteiger partial charge in [-0.15, -0.1) is 0 Å². The number of hydrogen-bond donors (Lipinski definition) is 1. The molecular formula is C12H19N2O2-. The molecular weight excluding hydrogens is 204 g/mol. The highest BCUT2D eigenvalue weighted by Gasteiger charge is 2.29. The van der Waals surface area contributed by atoms with E-state index in [1.54, 1.807) is 7.11 Å². The fraction of sp³-hybridized carbons (Fsp3) is 0.667. The Bertz CT molecular complexity index is 304. The molecule has 1 aliphatic carbocycles. The number of rotatable bonds is 4. The highest BCUT2D eigenvalue weighted by atomic mass is 16.5. The monoisotopic (exact) mass is 223 g/mol. The van der Waals surface area contributed by atoms with Crippen molar-refractivity contribution >= 4 is 0 Å². The summed E-state index contributed by atoms with van der Waals surface area (Å²) in [6.07, 6.45) is 7.97. The Hall–Kier alpha value is -0.840. The number of hydrogen-bond acceptors (Lipinski definition) is 4. The van der Waals surface area contributed by atoms with Crippen LogP contribution in [-0.2, 0) is 4.74 Å². The molecule has 2 atom stereocenters. The van der Waals surface area contributed by atoms with Gasteiger partial charge in [0.05, 0.1) is 12.9 Å². The van der Waals surface area contributed by atoms with Crippen LogP contribution in [-0.4, -0.2) is 30.8 Å². The van der Waals surface area contributed by atoms with E-state index in [1.165, 1.54) is 5.57 Å². The van der Waals surface area contributed by atoms with Gasteiger partial charge in [0.25, 0.3) is 0 Å². The molecule has 1 fully saturated rings. The lowest BCUT2D eigenvalue weighted by Crippen LogP contribution is -2.61. The normalized spacial score (nSPS) is 30.4. The van der Waals surface area contributed by atoms with Crippen molar-refractivity contribution < 1.29 is 4.74 Å². The predicted octanol–water partition coefficient (Wildman–Crippen LogP) is 1.53. The van der Waals surface area contributed by atoms with Crippen LogP contribution in [0.15, 0.2) is 23.5 Å². The Labute approximate surface area is 96.3 Å². The van der Waals surface area contributed by atoms with Gasteiger partial charge in [-0.25, -0.2) is 0 Å². The summed E-state index contributed by atoms with van der Waals surface area (Å²) in [6.45, 7) is 0.493. The Morgan fingerprint density at radius 1 is 1.56 bits per heavy atom. The van der Waals surface area contributed by atoms with E-state index in [0.29, 0.717) is 6.54 Å². The van der Waals surface area contributed by atoms with Crippen LogP contribution < -0.4 is 5.73 Å². The summed E-state index contributed by atoms with van der Waals surface area (Å²) in [6, 6.07) is 0.0944. The minimum absolute atomic E-state index is 0.0257. The molecule has 0 spiro atoms. The van der Waals surface area contributed by atoms with Gasteiger partial charge in [0.1, 0.15) is 0 Å². The maximum atomic E-state index is 11.2. The number of methoxy groups -OCH3 is 1. The Morgan fingerprint density at radius 3 is 3.00 bits per heavy atom. The zero-order valence-corrected chi connectivity index (χ0v) is 9.69. The molecule has 1 heterocycles. The third-order valence-electron chi connectivity index (χ3n) is 3.43. The summed E-state index contributed by atoms with van der Waals surface area (Å²) >= 11 is 0. The molecule has 2 rings (SSSR count). The van der Waals surface area contributed by atoms with Crippen molar-refractivity contribution in [3.8, 4) is 0 Å². The van der Waals surface area contributed by atoms with E-state index in [1.807, 2.05) is 0 Å². The molecule has 0 bridgehead atoms. The molecule has 0 aromatic heterocycles. The van der Waals surface area contributed by atoms with Crippen molar-refractivity contribution in [3.05, 3.63) is 28.7 Å². The van der Waals surface area contributed by atoms with Crippen molar-refractivity contribution in [2.75, 3.05) is 13.7 Å². The predicted molar refractivity (Wildman–Crippen MR) is 63.5 cm³/mol. The summed E-state index contributed by atoms with van der Waals surface area (Å²) in [7, 11) is 1.70. The summed E-state index contributed by atoms with van der Waals surface area (Å²) in [5.74, 6) is 1.04. The second-order valence-corrected chi connectivity index (χ2v) is 4.52. The standard InChI is InChI=1S/C12H19N2O2/c1-16-10-4-2-3-9(7-10)5-6-12-11(13)8-14(12)15/h3-4,11-12H,2,5-8,13H2,1H3/q-1. The van der Waals surface area contributed by atoms with E-state index in [4.69, 9.17) is 10.5 Å². The first kappa shape index (κ1) is 11.6. The fourth-order valence-electron chi connectivity index (χ4n) is 2.30. The van der Waals surface area contributed by atoms with E-state index in [-0.39, 0.29) is 12.1 Å². The van der Waals surface area contributed by atoms with Crippen LogP contribution >= 0.6 is 0 Å². The van der Waals surface area contributed by atoms with Crippen molar-refractivity contribution in [3.63, 3.8) is 0 Å². The highest BCUT2D eigenvalue weighted by Crippen LogP contribution is 2.26. The molecule has 2 N–H and O–H groups in total. The minimum atomic E-state index is 0.0257. The van der Waals surface area contributed by atoms with Crippen LogP contribution in [0.5, 0.6) is 0 Å². The topological polar surface area (TPSA) is 61.5 Å². The van der Waals surface area contributed by atoms with Gasteiger partial charge >= 0.3 is 0 Å². The molecule has 0 aromatic carbocycles. The molecule has 2 unspecified atom stereocenters. The van der Waals surface area contributed by atoms with Gasteiger partial charge in [-0.1, -0.05) is 11.6 Å². The lowest BCUT2D eigenvalue weighted by atomic mass is 9.91. The third-order valence-corrected chi connectivity index (χ3v) is 3.43. The number of nitrogens with zero attached hydrogens (tertiary/aromatic N) is 1. The van der Waals surface area contributed by atoms with Crippen LogP contribution in [0.2, 0.25) is 0 Å². The third kappa shape index (κ3) is 2.45. The number of ether oxygens (including phenoxy) is 1. The zero-order valence-electron chi connectivity index (χ0n) is 9.69. The van der Waals surface area contributed by atoms with E-state index in [0.717, 1.165) is 36.5 Å². The summed E-state index contributed by atoms with van der Waals surface area (Å²) in [5, 5.41) is 12.3. The maximum absolute atomic E-state index is 11.2. The zero-order chi connectivity index (χ0) is 11.5. The molecule has 4 heteroatoms.